The topological polar surface area (TPSA) is 104 Å². The van der Waals surface area contributed by atoms with Gasteiger partial charge in [0, 0.05) is 10.0 Å². The zero-order chi connectivity index (χ0) is 13.4. The molecule has 0 radical (unpaired) electrons. The summed E-state index contributed by atoms with van der Waals surface area (Å²) in [6.07, 6.45) is 0. The molecule has 0 saturated carbocycles. The molecule has 3 rings (SSSR count). The molecule has 0 unspecified atom stereocenters. The number of aromatic nitrogens is 4. The number of nitrogens with two attached hydrogens (primary N) is 1. The second kappa shape index (κ2) is 4.43. The molecule has 0 spiro atoms. The number of anilines is 1. The van der Waals surface area contributed by atoms with Crippen molar-refractivity contribution in [2.75, 3.05) is 5.73 Å². The average Bonchev–Trinajstić information content (AvgIpc) is 2.97. The van der Waals surface area contributed by atoms with Crippen LogP contribution in [-0.2, 0) is 0 Å². The first-order valence-electron chi connectivity index (χ1n) is 5.02. The molecule has 1 aromatic carbocycles. The van der Waals surface area contributed by atoms with Crippen LogP contribution in [0.15, 0.2) is 31.8 Å². The summed E-state index contributed by atoms with van der Waals surface area (Å²) in [6.45, 7) is 0. The second-order valence-electron chi connectivity index (χ2n) is 3.55. The van der Waals surface area contributed by atoms with Crippen LogP contribution in [0.1, 0.15) is 0 Å². The normalized spacial score (nSPS) is 10.8. The fraction of sp³-hybridized carbons (Fsp3) is 0. The predicted molar refractivity (Wildman–Crippen MR) is 65.1 cm³/mol. The van der Waals surface area contributed by atoms with E-state index in [9.17, 15) is 4.39 Å². The standard InChI is InChI=1S/C10H5BrFN5O2/c11-6-3-4(12)1-2-5(6)9-14-10(18-17-9)7-8(13)16-19-15-7/h1-3H,(H2,13,16). The number of halogens is 2. The molecule has 3 aromatic rings. The van der Waals surface area contributed by atoms with Gasteiger partial charge in [-0.1, -0.05) is 5.16 Å². The fourth-order valence-corrected chi connectivity index (χ4v) is 1.97. The van der Waals surface area contributed by atoms with Crippen molar-refractivity contribution in [3.63, 3.8) is 0 Å². The molecule has 7 nitrogen and oxygen atoms in total. The van der Waals surface area contributed by atoms with Gasteiger partial charge in [0.15, 0.2) is 0 Å². The van der Waals surface area contributed by atoms with Gasteiger partial charge in [-0.25, -0.2) is 9.02 Å². The Morgan fingerprint density at radius 3 is 2.74 bits per heavy atom. The maximum atomic E-state index is 13.0. The van der Waals surface area contributed by atoms with Crippen LogP contribution < -0.4 is 5.73 Å². The highest BCUT2D eigenvalue weighted by Crippen LogP contribution is 2.29. The SMILES string of the molecule is Nc1nonc1-c1nc(-c2ccc(F)cc2Br)no1. The zero-order valence-electron chi connectivity index (χ0n) is 9.17. The number of hydrogen-bond acceptors (Lipinski definition) is 7. The number of nitrogen functional groups attached to an aromatic ring is 1. The van der Waals surface area contributed by atoms with E-state index < -0.39 is 0 Å². The van der Waals surface area contributed by atoms with E-state index in [4.69, 9.17) is 10.3 Å². The summed E-state index contributed by atoms with van der Waals surface area (Å²) in [5, 5.41) is 10.7. The lowest BCUT2D eigenvalue weighted by Gasteiger charge is -1.97. The Hall–Kier alpha value is -2.29. The van der Waals surface area contributed by atoms with E-state index >= 15 is 0 Å². The number of hydrogen-bond donors (Lipinski definition) is 1. The molecular formula is C10H5BrFN5O2. The van der Waals surface area contributed by atoms with Crippen molar-refractivity contribution in [3.05, 3.63) is 28.5 Å². The lowest BCUT2D eigenvalue weighted by atomic mass is 10.2. The van der Waals surface area contributed by atoms with E-state index in [-0.39, 0.29) is 29.0 Å². The quantitative estimate of drug-likeness (QED) is 0.770. The average molecular weight is 326 g/mol. The molecule has 2 aromatic heterocycles. The zero-order valence-corrected chi connectivity index (χ0v) is 10.8. The van der Waals surface area contributed by atoms with Crippen molar-refractivity contribution in [2.45, 2.75) is 0 Å². The van der Waals surface area contributed by atoms with Gasteiger partial charge in [0.05, 0.1) is 0 Å². The summed E-state index contributed by atoms with van der Waals surface area (Å²) in [5.74, 6) is 0.0203. The summed E-state index contributed by atoms with van der Waals surface area (Å²) in [6, 6.07) is 4.12. The van der Waals surface area contributed by atoms with Crippen LogP contribution in [0, 0.1) is 5.82 Å². The maximum absolute atomic E-state index is 13.0. The van der Waals surface area contributed by atoms with E-state index in [0.717, 1.165) is 0 Å². The van der Waals surface area contributed by atoms with Gasteiger partial charge in [0.25, 0.3) is 5.89 Å². The molecule has 0 aliphatic carbocycles. The first-order chi connectivity index (χ1) is 9.15. The van der Waals surface area contributed by atoms with Gasteiger partial charge < -0.3 is 10.3 Å². The van der Waals surface area contributed by atoms with Crippen LogP contribution in [0.25, 0.3) is 23.0 Å². The summed E-state index contributed by atoms with van der Waals surface area (Å²) >= 11 is 3.22. The molecule has 2 heterocycles. The van der Waals surface area contributed by atoms with Gasteiger partial charge in [-0.15, -0.1) is 0 Å². The van der Waals surface area contributed by atoms with Crippen LogP contribution in [0.4, 0.5) is 10.2 Å². The first kappa shape index (κ1) is 11.8. The first-order valence-corrected chi connectivity index (χ1v) is 5.82. The van der Waals surface area contributed by atoms with Crippen molar-refractivity contribution in [2.24, 2.45) is 0 Å². The minimum Gasteiger partial charge on any atom is -0.379 e. The molecule has 19 heavy (non-hydrogen) atoms. The van der Waals surface area contributed by atoms with Gasteiger partial charge in [0.1, 0.15) is 5.82 Å². The number of benzene rings is 1. The summed E-state index contributed by atoms with van der Waals surface area (Å²) in [4.78, 5) is 4.10. The van der Waals surface area contributed by atoms with Crippen molar-refractivity contribution < 1.29 is 13.5 Å². The summed E-state index contributed by atoms with van der Waals surface area (Å²) in [7, 11) is 0. The molecule has 0 amide bonds. The number of nitrogens with zero attached hydrogens (tertiary/aromatic N) is 4. The molecule has 0 saturated heterocycles. The Labute approximate surface area is 113 Å². The Morgan fingerprint density at radius 2 is 2.05 bits per heavy atom. The van der Waals surface area contributed by atoms with Crippen molar-refractivity contribution >= 4 is 21.7 Å². The molecule has 2 N–H and O–H groups in total. The lowest BCUT2D eigenvalue weighted by Crippen LogP contribution is -1.89. The maximum Gasteiger partial charge on any atom is 0.284 e. The molecule has 0 aliphatic rings. The Balaban J connectivity index is 2.04. The Morgan fingerprint density at radius 1 is 1.21 bits per heavy atom. The highest BCUT2D eigenvalue weighted by molar-refractivity contribution is 9.10. The number of rotatable bonds is 2. The minimum atomic E-state index is -0.371. The van der Waals surface area contributed by atoms with Crippen LogP contribution in [0.3, 0.4) is 0 Å². The molecule has 0 bridgehead atoms. The summed E-state index contributed by atoms with van der Waals surface area (Å²) in [5.41, 5.74) is 6.26. The molecule has 0 aliphatic heterocycles. The second-order valence-corrected chi connectivity index (χ2v) is 4.40. The molecule has 9 heteroatoms. The molecular weight excluding hydrogens is 321 g/mol. The third-order valence-electron chi connectivity index (χ3n) is 2.31. The van der Waals surface area contributed by atoms with Gasteiger partial charge >= 0.3 is 0 Å². The highest BCUT2D eigenvalue weighted by Gasteiger charge is 2.18. The lowest BCUT2D eigenvalue weighted by molar-refractivity contribution is 0.308. The molecule has 96 valence electrons. The predicted octanol–water partition coefficient (Wildman–Crippen LogP) is 2.27. The monoisotopic (exact) mass is 325 g/mol. The van der Waals surface area contributed by atoms with E-state index in [1.807, 2.05) is 0 Å². The van der Waals surface area contributed by atoms with E-state index in [0.29, 0.717) is 10.0 Å². The van der Waals surface area contributed by atoms with Gasteiger partial charge in [0.2, 0.25) is 17.3 Å². The Bertz CT molecular complexity index is 741. The largest absolute Gasteiger partial charge is 0.379 e. The van der Waals surface area contributed by atoms with Gasteiger partial charge in [-0.2, -0.15) is 4.98 Å². The summed E-state index contributed by atoms with van der Waals surface area (Å²) < 4.78 is 23.0. The Kier molecular flexibility index (Phi) is 2.75. The third-order valence-corrected chi connectivity index (χ3v) is 2.97. The van der Waals surface area contributed by atoms with Crippen LogP contribution >= 0.6 is 15.9 Å². The van der Waals surface area contributed by atoms with Crippen LogP contribution in [0.2, 0.25) is 0 Å². The van der Waals surface area contributed by atoms with Gasteiger partial charge in [-0.3, -0.25) is 0 Å². The van der Waals surface area contributed by atoms with Crippen molar-refractivity contribution in [1.82, 2.24) is 20.5 Å². The van der Waals surface area contributed by atoms with Crippen LogP contribution in [-0.4, -0.2) is 20.5 Å². The molecule has 0 atom stereocenters. The third kappa shape index (κ3) is 2.08. The molecule has 0 fully saturated rings. The van der Waals surface area contributed by atoms with Crippen molar-refractivity contribution in [3.8, 4) is 23.0 Å². The minimum absolute atomic E-state index is 0.0494. The van der Waals surface area contributed by atoms with Crippen molar-refractivity contribution in [1.29, 1.82) is 0 Å². The van der Waals surface area contributed by atoms with Crippen LogP contribution in [0.5, 0.6) is 0 Å². The smallest absolute Gasteiger partial charge is 0.284 e. The van der Waals surface area contributed by atoms with E-state index in [1.165, 1.54) is 18.2 Å². The highest BCUT2D eigenvalue weighted by atomic mass is 79.9. The van der Waals surface area contributed by atoms with E-state index in [2.05, 4.69) is 41.0 Å². The van der Waals surface area contributed by atoms with E-state index in [1.54, 1.807) is 0 Å². The fourth-order valence-electron chi connectivity index (χ4n) is 1.44. The van der Waals surface area contributed by atoms with Gasteiger partial charge in [-0.05, 0) is 44.4 Å².